The quantitative estimate of drug-likeness (QED) is 0.108. The van der Waals surface area contributed by atoms with E-state index in [4.69, 9.17) is 21.9 Å². The fourth-order valence-corrected chi connectivity index (χ4v) is 6.44. The molecule has 1 unspecified atom stereocenters. The van der Waals surface area contributed by atoms with E-state index in [0.29, 0.717) is 32.2 Å². The van der Waals surface area contributed by atoms with Gasteiger partial charge in [0.2, 0.25) is 17.7 Å². The molecule has 0 bridgehead atoms. The van der Waals surface area contributed by atoms with E-state index in [1.807, 2.05) is 81.4 Å². The van der Waals surface area contributed by atoms with Gasteiger partial charge in [-0.25, -0.2) is 4.79 Å². The molecule has 1 aliphatic rings. The highest BCUT2D eigenvalue weighted by molar-refractivity contribution is 5.95. The van der Waals surface area contributed by atoms with Crippen LogP contribution in [0.2, 0.25) is 0 Å². The molecule has 12 heteroatoms. The van der Waals surface area contributed by atoms with Crippen LogP contribution < -0.4 is 27.8 Å². The van der Waals surface area contributed by atoms with Gasteiger partial charge in [0.15, 0.2) is 5.78 Å². The van der Waals surface area contributed by atoms with E-state index in [1.54, 1.807) is 0 Å². The number of carbonyl (C=O) groups is 5. The highest BCUT2D eigenvalue weighted by atomic mass is 16.5. The number of Topliss-reactive ketones (excluding diaryl/α,β-unsaturated/α-hetero) is 1. The molecule has 2 aromatic rings. The zero-order chi connectivity index (χ0) is 36.8. The Hall–Kier alpha value is -4.13. The molecule has 274 valence electrons. The number of ketones is 1. The van der Waals surface area contributed by atoms with Crippen molar-refractivity contribution in [3.05, 3.63) is 71.8 Å². The number of hydrogen-bond donors (Lipinski definition) is 5. The summed E-state index contributed by atoms with van der Waals surface area (Å²) >= 11 is 0. The number of unbranched alkanes of at least 4 members (excludes halogenated alkanes) is 1. The summed E-state index contributed by atoms with van der Waals surface area (Å²) in [5.41, 5.74) is 18.8. The molecule has 3 amide bonds. The summed E-state index contributed by atoms with van der Waals surface area (Å²) in [6, 6.07) is 16.1. The third-order valence-corrected chi connectivity index (χ3v) is 9.49. The second-order valence-corrected chi connectivity index (χ2v) is 14.0. The zero-order valence-electron chi connectivity index (χ0n) is 29.9. The van der Waals surface area contributed by atoms with Crippen molar-refractivity contribution < 1.29 is 28.7 Å². The van der Waals surface area contributed by atoms with Gasteiger partial charge in [0.1, 0.15) is 11.6 Å². The summed E-state index contributed by atoms with van der Waals surface area (Å²) in [5, 5.41) is 5.83. The van der Waals surface area contributed by atoms with E-state index < -0.39 is 47.4 Å². The van der Waals surface area contributed by atoms with Gasteiger partial charge in [-0.2, -0.15) is 0 Å². The molecule has 0 aliphatic carbocycles. The Morgan fingerprint density at radius 2 is 1.52 bits per heavy atom. The third kappa shape index (κ3) is 11.5. The molecule has 6 atom stereocenters. The van der Waals surface area contributed by atoms with Crippen LogP contribution in [0.3, 0.4) is 0 Å². The number of esters is 1. The molecule has 1 fully saturated rings. The third-order valence-electron chi connectivity index (χ3n) is 9.49. The monoisotopic (exact) mass is 692 g/mol. The standard InChI is InChI=1S/C38H56N6O6/c1-25(2)21-29(34(46)42-30(17-11-12-19-39)36(48)44-20-18-38(41,24-44)37(49)50-4)23-32(45)31(22-27-13-7-5-8-14-27)43-35(47)33(40)26(3)28-15-9-6-10-16-28/h5-10,13-16,25-26,29-31,33H,11-12,17-24,39-41H2,1-4H3,(H,42,46)(H,43,47)/t26-,29+,30-,31-,33-,38?/m1/s1. The summed E-state index contributed by atoms with van der Waals surface area (Å²) in [7, 11) is 1.25. The molecule has 8 N–H and O–H groups in total. The van der Waals surface area contributed by atoms with Gasteiger partial charge < -0.3 is 37.5 Å². The highest BCUT2D eigenvalue weighted by Crippen LogP contribution is 2.24. The molecule has 2 aromatic carbocycles. The van der Waals surface area contributed by atoms with Gasteiger partial charge >= 0.3 is 5.97 Å². The highest BCUT2D eigenvalue weighted by Gasteiger charge is 2.45. The smallest absolute Gasteiger partial charge is 0.327 e. The van der Waals surface area contributed by atoms with Crippen molar-refractivity contribution in [3.63, 3.8) is 0 Å². The molecule has 0 aromatic heterocycles. The minimum atomic E-state index is -1.32. The predicted molar refractivity (Wildman–Crippen MR) is 192 cm³/mol. The number of rotatable bonds is 19. The number of nitrogens with one attached hydrogen (secondary N) is 2. The molecule has 1 aliphatic heterocycles. The first-order chi connectivity index (χ1) is 23.8. The van der Waals surface area contributed by atoms with Crippen LogP contribution in [-0.2, 0) is 35.1 Å². The second-order valence-electron chi connectivity index (χ2n) is 14.0. The summed E-state index contributed by atoms with van der Waals surface area (Å²) in [6.45, 7) is 6.43. The number of hydrogen-bond acceptors (Lipinski definition) is 9. The average Bonchev–Trinajstić information content (AvgIpc) is 3.52. The Morgan fingerprint density at radius 1 is 0.900 bits per heavy atom. The van der Waals surface area contributed by atoms with Crippen LogP contribution in [0.25, 0.3) is 0 Å². The molecule has 0 saturated carbocycles. The van der Waals surface area contributed by atoms with E-state index in [0.717, 1.165) is 11.1 Å². The maximum Gasteiger partial charge on any atom is 0.327 e. The van der Waals surface area contributed by atoms with Gasteiger partial charge in [-0.05, 0) is 62.1 Å². The van der Waals surface area contributed by atoms with Crippen LogP contribution in [0.1, 0.15) is 76.3 Å². The van der Waals surface area contributed by atoms with E-state index in [1.165, 1.54) is 12.0 Å². The van der Waals surface area contributed by atoms with Gasteiger partial charge in [-0.1, -0.05) is 81.4 Å². The van der Waals surface area contributed by atoms with Crippen LogP contribution in [0.4, 0.5) is 0 Å². The summed E-state index contributed by atoms with van der Waals surface area (Å²) in [6.07, 6.45) is 2.28. The topological polar surface area (TPSA) is 200 Å². The average molecular weight is 693 g/mol. The van der Waals surface area contributed by atoms with Crippen molar-refractivity contribution in [1.29, 1.82) is 0 Å². The maximum atomic E-state index is 14.1. The van der Waals surface area contributed by atoms with Crippen molar-refractivity contribution in [3.8, 4) is 0 Å². The van der Waals surface area contributed by atoms with E-state index in [2.05, 4.69) is 10.6 Å². The maximum absolute atomic E-state index is 14.1. The van der Waals surface area contributed by atoms with Gasteiger partial charge in [-0.3, -0.25) is 19.2 Å². The SMILES string of the molecule is COC(=O)C1(N)CCN(C(=O)[C@@H](CCCCN)NC(=O)[C@H](CC(=O)[C@@H](Cc2ccccc2)NC(=O)[C@H](N)[C@H](C)c2ccccc2)CC(C)C)C1. The Balaban J connectivity index is 1.80. The number of methoxy groups -OCH3 is 1. The van der Waals surface area contributed by atoms with Crippen LogP contribution in [-0.4, -0.2) is 84.8 Å². The first-order valence-corrected chi connectivity index (χ1v) is 17.6. The number of ether oxygens (including phenoxy) is 1. The summed E-state index contributed by atoms with van der Waals surface area (Å²) in [5.74, 6) is -3.14. The minimum absolute atomic E-state index is 0.0262. The largest absolute Gasteiger partial charge is 0.468 e. The van der Waals surface area contributed by atoms with Crippen molar-refractivity contribution >= 4 is 29.5 Å². The first kappa shape index (κ1) is 40.3. The number of nitrogens with zero attached hydrogens (tertiary/aromatic N) is 1. The van der Waals surface area contributed by atoms with Crippen LogP contribution in [0.15, 0.2) is 60.7 Å². The second kappa shape index (κ2) is 19.3. The number of likely N-dealkylation sites (tertiary alicyclic amines) is 1. The Morgan fingerprint density at radius 3 is 2.12 bits per heavy atom. The Labute approximate surface area is 296 Å². The number of carbonyl (C=O) groups excluding carboxylic acids is 5. The molecule has 3 rings (SSSR count). The normalized spacial score (nSPS) is 18.8. The molecule has 1 heterocycles. The molecular formula is C38H56N6O6. The number of nitrogens with two attached hydrogens (primary N) is 3. The van der Waals surface area contributed by atoms with Crippen LogP contribution >= 0.6 is 0 Å². The zero-order valence-corrected chi connectivity index (χ0v) is 29.9. The van der Waals surface area contributed by atoms with E-state index in [9.17, 15) is 24.0 Å². The fraction of sp³-hybridized carbons (Fsp3) is 0.553. The Bertz CT molecular complexity index is 1420. The number of amides is 3. The van der Waals surface area contributed by atoms with Crippen molar-refractivity contribution in [2.75, 3.05) is 26.7 Å². The molecular weight excluding hydrogens is 636 g/mol. The summed E-state index contributed by atoms with van der Waals surface area (Å²) in [4.78, 5) is 69.0. The molecule has 1 saturated heterocycles. The van der Waals surface area contributed by atoms with Crippen LogP contribution in [0, 0.1) is 11.8 Å². The predicted octanol–water partition coefficient (Wildman–Crippen LogP) is 2.18. The lowest BCUT2D eigenvalue weighted by Crippen LogP contribution is -2.54. The van der Waals surface area contributed by atoms with Gasteiger partial charge in [0.25, 0.3) is 0 Å². The Kier molecular flexibility index (Phi) is 15.6. The van der Waals surface area contributed by atoms with Crippen LogP contribution in [0.5, 0.6) is 0 Å². The van der Waals surface area contributed by atoms with Crippen molar-refractivity contribution in [1.82, 2.24) is 15.5 Å². The lowest BCUT2D eigenvalue weighted by atomic mass is 9.87. The molecule has 50 heavy (non-hydrogen) atoms. The molecule has 12 nitrogen and oxygen atoms in total. The molecule has 0 spiro atoms. The van der Waals surface area contributed by atoms with Gasteiger partial charge in [0, 0.05) is 31.3 Å². The molecule has 0 radical (unpaired) electrons. The van der Waals surface area contributed by atoms with E-state index in [-0.39, 0.29) is 55.9 Å². The summed E-state index contributed by atoms with van der Waals surface area (Å²) < 4.78 is 4.85. The van der Waals surface area contributed by atoms with E-state index >= 15 is 0 Å². The van der Waals surface area contributed by atoms with Crippen molar-refractivity contribution in [2.45, 2.75) is 95.3 Å². The number of benzene rings is 2. The minimum Gasteiger partial charge on any atom is -0.468 e. The van der Waals surface area contributed by atoms with Gasteiger partial charge in [-0.15, -0.1) is 0 Å². The lowest BCUT2D eigenvalue weighted by Gasteiger charge is -2.28. The van der Waals surface area contributed by atoms with Gasteiger partial charge in [0.05, 0.1) is 19.2 Å². The first-order valence-electron chi connectivity index (χ1n) is 17.6. The lowest BCUT2D eigenvalue weighted by molar-refractivity contribution is -0.147. The van der Waals surface area contributed by atoms with Crippen molar-refractivity contribution in [2.24, 2.45) is 29.0 Å². The fourth-order valence-electron chi connectivity index (χ4n) is 6.44.